The van der Waals surface area contributed by atoms with Crippen LogP contribution in [0.1, 0.15) is 18.2 Å². The molecule has 2 aromatic rings. The van der Waals surface area contributed by atoms with Crippen LogP contribution in [0.15, 0.2) is 30.5 Å². The SMILES string of the molecule is CCCNc1cc(NCc2ccc(Cl)s2)ccn1. The van der Waals surface area contributed by atoms with E-state index in [-0.39, 0.29) is 0 Å². The Bertz CT molecular complexity index is 498. The Kier molecular flexibility index (Phi) is 4.84. The highest BCUT2D eigenvalue weighted by Crippen LogP contribution is 2.22. The summed E-state index contributed by atoms with van der Waals surface area (Å²) >= 11 is 7.49. The number of halogens is 1. The molecule has 96 valence electrons. The number of anilines is 2. The Hall–Kier alpha value is -1.26. The van der Waals surface area contributed by atoms with E-state index in [9.17, 15) is 0 Å². The highest BCUT2D eigenvalue weighted by molar-refractivity contribution is 7.16. The zero-order chi connectivity index (χ0) is 12.8. The second-order valence-electron chi connectivity index (χ2n) is 3.92. The molecule has 2 aromatic heterocycles. The van der Waals surface area contributed by atoms with Crippen molar-refractivity contribution in [3.8, 4) is 0 Å². The summed E-state index contributed by atoms with van der Waals surface area (Å²) in [4.78, 5) is 5.49. The zero-order valence-corrected chi connectivity index (χ0v) is 11.8. The summed E-state index contributed by atoms with van der Waals surface area (Å²) in [7, 11) is 0. The predicted octanol–water partition coefficient (Wildman–Crippen LogP) is 4.23. The third kappa shape index (κ3) is 3.89. The highest BCUT2D eigenvalue weighted by atomic mass is 35.5. The third-order valence-electron chi connectivity index (χ3n) is 2.41. The maximum Gasteiger partial charge on any atom is 0.127 e. The minimum atomic E-state index is 0.786. The molecule has 0 bridgehead atoms. The monoisotopic (exact) mass is 281 g/mol. The standard InChI is InChI=1S/C13H16ClN3S/c1-2-6-15-13-8-10(5-7-16-13)17-9-11-3-4-12(14)18-11/h3-5,7-8H,2,6,9H2,1H3,(H2,15,16,17). The van der Waals surface area contributed by atoms with Crippen molar-refractivity contribution in [3.63, 3.8) is 0 Å². The van der Waals surface area contributed by atoms with Crippen LogP contribution in [0.3, 0.4) is 0 Å². The lowest BCUT2D eigenvalue weighted by atomic mass is 10.3. The van der Waals surface area contributed by atoms with Crippen LogP contribution in [0, 0.1) is 0 Å². The molecule has 18 heavy (non-hydrogen) atoms. The first-order chi connectivity index (χ1) is 8.78. The lowest BCUT2D eigenvalue weighted by Crippen LogP contribution is -2.03. The maximum absolute atomic E-state index is 5.90. The Morgan fingerprint density at radius 3 is 2.89 bits per heavy atom. The molecule has 2 N–H and O–H groups in total. The Morgan fingerprint density at radius 1 is 1.28 bits per heavy atom. The molecule has 0 saturated heterocycles. The topological polar surface area (TPSA) is 37.0 Å². The molecule has 5 heteroatoms. The average molecular weight is 282 g/mol. The quantitative estimate of drug-likeness (QED) is 0.832. The largest absolute Gasteiger partial charge is 0.380 e. The minimum absolute atomic E-state index is 0.786. The first kappa shape index (κ1) is 13.2. The van der Waals surface area contributed by atoms with Gasteiger partial charge in [0.05, 0.1) is 4.34 Å². The van der Waals surface area contributed by atoms with Gasteiger partial charge in [0.15, 0.2) is 0 Å². The molecule has 0 unspecified atom stereocenters. The molecule has 0 saturated carbocycles. The molecule has 0 aliphatic rings. The van der Waals surface area contributed by atoms with Crippen molar-refractivity contribution < 1.29 is 0 Å². The molecule has 0 amide bonds. The van der Waals surface area contributed by atoms with Crippen LogP contribution in [0.2, 0.25) is 4.34 Å². The fourth-order valence-electron chi connectivity index (χ4n) is 1.53. The Balaban J connectivity index is 1.92. The van der Waals surface area contributed by atoms with E-state index in [1.807, 2.05) is 30.5 Å². The normalized spacial score (nSPS) is 10.3. The average Bonchev–Trinajstić information content (AvgIpc) is 2.80. The van der Waals surface area contributed by atoms with Crippen LogP contribution in [0.25, 0.3) is 0 Å². The lowest BCUT2D eigenvalue weighted by Gasteiger charge is -2.08. The van der Waals surface area contributed by atoms with E-state index in [2.05, 4.69) is 22.5 Å². The third-order valence-corrected chi connectivity index (χ3v) is 3.64. The van der Waals surface area contributed by atoms with Gasteiger partial charge >= 0.3 is 0 Å². The second-order valence-corrected chi connectivity index (χ2v) is 5.72. The van der Waals surface area contributed by atoms with Gasteiger partial charge < -0.3 is 10.6 Å². The zero-order valence-electron chi connectivity index (χ0n) is 10.2. The summed E-state index contributed by atoms with van der Waals surface area (Å²) in [5, 5.41) is 6.63. The van der Waals surface area contributed by atoms with E-state index in [1.165, 1.54) is 4.88 Å². The van der Waals surface area contributed by atoms with Crippen LogP contribution in [0.4, 0.5) is 11.5 Å². The van der Waals surface area contributed by atoms with Gasteiger partial charge in [-0.05, 0) is 24.6 Å². The van der Waals surface area contributed by atoms with Crippen molar-refractivity contribution in [1.29, 1.82) is 0 Å². The Morgan fingerprint density at radius 2 is 2.17 bits per heavy atom. The maximum atomic E-state index is 5.90. The van der Waals surface area contributed by atoms with Gasteiger partial charge in [-0.1, -0.05) is 18.5 Å². The van der Waals surface area contributed by atoms with Crippen LogP contribution in [-0.2, 0) is 6.54 Å². The Labute approximate surface area is 116 Å². The highest BCUT2D eigenvalue weighted by Gasteiger charge is 1.99. The molecule has 3 nitrogen and oxygen atoms in total. The number of nitrogens with zero attached hydrogens (tertiary/aromatic N) is 1. The molecule has 0 fully saturated rings. The van der Waals surface area contributed by atoms with Gasteiger partial charge in [-0.2, -0.15) is 0 Å². The van der Waals surface area contributed by atoms with Crippen LogP contribution in [0.5, 0.6) is 0 Å². The van der Waals surface area contributed by atoms with Gasteiger partial charge in [0.2, 0.25) is 0 Å². The fourth-order valence-corrected chi connectivity index (χ4v) is 2.55. The van der Waals surface area contributed by atoms with Crippen LogP contribution >= 0.6 is 22.9 Å². The van der Waals surface area contributed by atoms with Crippen LogP contribution in [-0.4, -0.2) is 11.5 Å². The summed E-state index contributed by atoms with van der Waals surface area (Å²) in [6, 6.07) is 7.94. The number of hydrogen-bond donors (Lipinski definition) is 2. The van der Waals surface area contributed by atoms with Gasteiger partial charge in [-0.15, -0.1) is 11.3 Å². The van der Waals surface area contributed by atoms with Crippen LogP contribution < -0.4 is 10.6 Å². The van der Waals surface area contributed by atoms with Crippen molar-refractivity contribution in [3.05, 3.63) is 39.7 Å². The summed E-state index contributed by atoms with van der Waals surface area (Å²) in [5.74, 6) is 0.908. The first-order valence-electron chi connectivity index (χ1n) is 5.96. The van der Waals surface area contributed by atoms with E-state index in [0.29, 0.717) is 0 Å². The minimum Gasteiger partial charge on any atom is -0.380 e. The van der Waals surface area contributed by atoms with E-state index in [4.69, 9.17) is 11.6 Å². The molecule has 0 aliphatic heterocycles. The first-order valence-corrected chi connectivity index (χ1v) is 7.15. The van der Waals surface area contributed by atoms with Gasteiger partial charge in [-0.25, -0.2) is 4.98 Å². The molecule has 0 aromatic carbocycles. The second kappa shape index (κ2) is 6.61. The molecular formula is C13H16ClN3S. The number of hydrogen-bond acceptors (Lipinski definition) is 4. The van der Waals surface area contributed by atoms with E-state index in [1.54, 1.807) is 11.3 Å². The molecule has 0 spiro atoms. The fraction of sp³-hybridized carbons (Fsp3) is 0.308. The van der Waals surface area contributed by atoms with Crippen molar-refractivity contribution in [1.82, 2.24) is 4.98 Å². The van der Waals surface area contributed by atoms with Crippen molar-refractivity contribution >= 4 is 34.4 Å². The molecule has 0 atom stereocenters. The lowest BCUT2D eigenvalue weighted by molar-refractivity contribution is 0.969. The molecular weight excluding hydrogens is 266 g/mol. The number of pyridine rings is 1. The van der Waals surface area contributed by atoms with Gasteiger partial charge in [0.1, 0.15) is 5.82 Å². The van der Waals surface area contributed by atoms with E-state index < -0.39 is 0 Å². The van der Waals surface area contributed by atoms with Gasteiger partial charge in [-0.3, -0.25) is 0 Å². The molecule has 2 heterocycles. The van der Waals surface area contributed by atoms with Crippen molar-refractivity contribution in [2.24, 2.45) is 0 Å². The summed E-state index contributed by atoms with van der Waals surface area (Å²) in [5.41, 5.74) is 1.06. The number of aromatic nitrogens is 1. The summed E-state index contributed by atoms with van der Waals surface area (Å²) in [6.45, 7) is 3.86. The number of thiophene rings is 1. The van der Waals surface area contributed by atoms with Gasteiger partial charge in [0, 0.05) is 35.9 Å². The van der Waals surface area contributed by atoms with Crippen molar-refractivity contribution in [2.75, 3.05) is 17.2 Å². The van der Waals surface area contributed by atoms with E-state index >= 15 is 0 Å². The molecule has 0 aliphatic carbocycles. The number of rotatable bonds is 6. The smallest absolute Gasteiger partial charge is 0.127 e. The predicted molar refractivity (Wildman–Crippen MR) is 79.7 cm³/mol. The number of nitrogens with one attached hydrogen (secondary N) is 2. The van der Waals surface area contributed by atoms with Crippen molar-refractivity contribution in [2.45, 2.75) is 19.9 Å². The summed E-state index contributed by atoms with van der Waals surface area (Å²) in [6.07, 6.45) is 2.90. The summed E-state index contributed by atoms with van der Waals surface area (Å²) < 4.78 is 0.826. The van der Waals surface area contributed by atoms with E-state index in [0.717, 1.165) is 35.4 Å². The van der Waals surface area contributed by atoms with Gasteiger partial charge in [0.25, 0.3) is 0 Å². The molecule has 2 rings (SSSR count). The molecule has 0 radical (unpaired) electrons.